The minimum absolute atomic E-state index is 0.0353. The van der Waals surface area contributed by atoms with E-state index in [9.17, 15) is 9.59 Å². The van der Waals surface area contributed by atoms with Crippen molar-refractivity contribution in [1.82, 2.24) is 10.6 Å². The van der Waals surface area contributed by atoms with Crippen LogP contribution in [0.3, 0.4) is 0 Å². The topological polar surface area (TPSA) is 79.5 Å². The third kappa shape index (κ3) is 6.74. The van der Waals surface area contributed by atoms with Crippen molar-refractivity contribution in [2.75, 3.05) is 11.9 Å². The number of carbonyl (C=O) groups is 2. The molecule has 0 aromatic heterocycles. The average molecular weight is 489 g/mol. The van der Waals surface area contributed by atoms with Gasteiger partial charge in [-0.1, -0.05) is 65.1 Å². The summed E-state index contributed by atoms with van der Waals surface area (Å²) in [5, 5.41) is 8.29. The molecule has 1 atom stereocenters. The third-order valence-corrected chi connectivity index (χ3v) is 4.81. The molecular weight excluding hydrogens is 469 g/mol. The predicted octanol–water partition coefficient (Wildman–Crippen LogP) is 4.58. The Balaban J connectivity index is 2.15. The summed E-state index contributed by atoms with van der Waals surface area (Å²) in [6, 6.07) is 13.7. The van der Waals surface area contributed by atoms with E-state index in [1.807, 2.05) is 6.07 Å². The van der Waals surface area contributed by atoms with Gasteiger partial charge in [0.2, 0.25) is 3.79 Å². The van der Waals surface area contributed by atoms with Gasteiger partial charge in [0.25, 0.3) is 5.91 Å². The van der Waals surface area contributed by atoms with E-state index < -0.39 is 21.8 Å². The Morgan fingerprint density at radius 3 is 2.23 bits per heavy atom. The van der Waals surface area contributed by atoms with Gasteiger partial charge in [-0.15, -0.1) is 0 Å². The summed E-state index contributed by atoms with van der Waals surface area (Å²) >= 11 is 23.4. The molecule has 0 bridgehead atoms. The number of para-hydroxylation sites is 1. The van der Waals surface area contributed by atoms with E-state index in [2.05, 4.69) is 16.0 Å². The Hall–Kier alpha value is -2.06. The van der Waals surface area contributed by atoms with Crippen LogP contribution in [0.4, 0.5) is 5.69 Å². The van der Waals surface area contributed by atoms with Crippen LogP contribution in [-0.4, -0.2) is 33.6 Å². The van der Waals surface area contributed by atoms with Gasteiger partial charge < -0.3 is 20.7 Å². The number of anilines is 1. The maximum absolute atomic E-state index is 12.6. The van der Waals surface area contributed by atoms with Crippen molar-refractivity contribution in [2.45, 2.75) is 23.8 Å². The number of hydrogen-bond donors (Lipinski definition) is 3. The number of esters is 1. The lowest BCUT2D eigenvalue weighted by atomic mass is 10.1. The van der Waals surface area contributed by atoms with Gasteiger partial charge in [0.05, 0.1) is 17.9 Å². The number of alkyl halides is 3. The van der Waals surface area contributed by atoms with Gasteiger partial charge in [-0.05, 0) is 49.8 Å². The molecule has 10 heteroatoms. The summed E-state index contributed by atoms with van der Waals surface area (Å²) < 4.78 is 3.12. The molecule has 3 N–H and O–H groups in total. The number of halogens is 3. The molecule has 0 spiro atoms. The Kier molecular flexibility index (Phi) is 8.73. The van der Waals surface area contributed by atoms with E-state index in [1.165, 1.54) is 0 Å². The normalized spacial score (nSPS) is 11.9. The van der Waals surface area contributed by atoms with Gasteiger partial charge >= 0.3 is 5.97 Å². The maximum Gasteiger partial charge on any atom is 0.340 e. The van der Waals surface area contributed by atoms with E-state index >= 15 is 0 Å². The highest BCUT2D eigenvalue weighted by Crippen LogP contribution is 2.29. The molecular formula is C20H20Cl3N3O3S. The lowest BCUT2D eigenvalue weighted by Crippen LogP contribution is -2.56. The summed E-state index contributed by atoms with van der Waals surface area (Å²) in [5.74, 6) is -0.944. The summed E-state index contributed by atoms with van der Waals surface area (Å²) in [6.45, 7) is 3.74. The highest BCUT2D eigenvalue weighted by Gasteiger charge is 2.35. The van der Waals surface area contributed by atoms with E-state index in [0.717, 1.165) is 5.56 Å². The van der Waals surface area contributed by atoms with Crippen molar-refractivity contribution in [2.24, 2.45) is 0 Å². The van der Waals surface area contributed by atoms with Crippen molar-refractivity contribution in [3.63, 3.8) is 0 Å². The average Bonchev–Trinajstić information content (AvgIpc) is 2.67. The first-order chi connectivity index (χ1) is 14.1. The lowest BCUT2D eigenvalue weighted by Gasteiger charge is -2.28. The third-order valence-electron chi connectivity index (χ3n) is 3.94. The zero-order valence-electron chi connectivity index (χ0n) is 16.2. The van der Waals surface area contributed by atoms with Crippen molar-refractivity contribution in [1.29, 1.82) is 0 Å². The number of aryl methyl sites for hydroxylation is 1. The minimum Gasteiger partial charge on any atom is -0.462 e. The van der Waals surface area contributed by atoms with Crippen LogP contribution in [0.25, 0.3) is 0 Å². The van der Waals surface area contributed by atoms with Crippen LogP contribution >= 0.6 is 47.0 Å². The highest BCUT2D eigenvalue weighted by molar-refractivity contribution is 7.80. The molecule has 1 unspecified atom stereocenters. The van der Waals surface area contributed by atoms with Gasteiger partial charge in [-0.25, -0.2) is 4.79 Å². The molecule has 0 radical (unpaired) electrons. The van der Waals surface area contributed by atoms with E-state index in [-0.39, 0.29) is 17.3 Å². The standard InChI is InChI=1S/C20H20Cl3N3O3S/c1-3-29-17(28)14-10-6-7-11-15(14)24-19(30)26-18(20(21,22)23)25-16(27)13-9-5-4-8-12(13)2/h4-11,18H,3H2,1-2H3,(H,25,27)(H2,24,26,30). The van der Waals surface area contributed by atoms with Crippen molar-refractivity contribution < 1.29 is 14.3 Å². The minimum atomic E-state index is -1.91. The van der Waals surface area contributed by atoms with Gasteiger partial charge in [0, 0.05) is 5.56 Å². The predicted molar refractivity (Wildman–Crippen MR) is 124 cm³/mol. The lowest BCUT2D eigenvalue weighted by molar-refractivity contribution is 0.0527. The first-order valence-electron chi connectivity index (χ1n) is 8.90. The number of hydrogen-bond acceptors (Lipinski definition) is 4. The fraction of sp³-hybridized carbons (Fsp3) is 0.250. The molecule has 30 heavy (non-hydrogen) atoms. The van der Waals surface area contributed by atoms with E-state index in [0.29, 0.717) is 11.3 Å². The molecule has 0 aliphatic rings. The van der Waals surface area contributed by atoms with Crippen LogP contribution < -0.4 is 16.0 Å². The maximum atomic E-state index is 12.6. The Labute approximate surface area is 195 Å². The van der Waals surface area contributed by atoms with Gasteiger partial charge in [0.15, 0.2) is 5.11 Å². The zero-order valence-corrected chi connectivity index (χ0v) is 19.3. The van der Waals surface area contributed by atoms with Crippen LogP contribution in [0.2, 0.25) is 0 Å². The summed E-state index contributed by atoms with van der Waals surface area (Å²) in [4.78, 5) is 24.7. The number of rotatable bonds is 6. The fourth-order valence-electron chi connectivity index (χ4n) is 2.50. The molecule has 0 fully saturated rings. The quantitative estimate of drug-likeness (QED) is 0.239. The summed E-state index contributed by atoms with van der Waals surface area (Å²) in [6.07, 6.45) is -1.15. The number of benzene rings is 2. The molecule has 2 aromatic rings. The van der Waals surface area contributed by atoms with Gasteiger partial charge in [-0.3, -0.25) is 4.79 Å². The first kappa shape index (κ1) is 24.2. The van der Waals surface area contributed by atoms with Crippen molar-refractivity contribution >= 4 is 69.7 Å². The number of thiocarbonyl (C=S) groups is 1. The smallest absolute Gasteiger partial charge is 0.340 e. The Bertz CT molecular complexity index is 935. The Morgan fingerprint density at radius 1 is 1.03 bits per heavy atom. The molecule has 160 valence electrons. The van der Waals surface area contributed by atoms with E-state index in [1.54, 1.807) is 56.3 Å². The molecule has 0 saturated carbocycles. The van der Waals surface area contributed by atoms with Crippen LogP contribution in [0.5, 0.6) is 0 Å². The summed E-state index contributed by atoms with van der Waals surface area (Å²) in [5.41, 5.74) is 1.90. The molecule has 2 rings (SSSR count). The second-order valence-corrected chi connectivity index (χ2v) is 8.90. The van der Waals surface area contributed by atoms with Crippen molar-refractivity contribution in [3.05, 3.63) is 65.2 Å². The highest BCUT2D eigenvalue weighted by atomic mass is 35.6. The van der Waals surface area contributed by atoms with E-state index in [4.69, 9.17) is 51.8 Å². The monoisotopic (exact) mass is 487 g/mol. The van der Waals surface area contributed by atoms with Crippen LogP contribution in [0.1, 0.15) is 33.2 Å². The molecule has 0 heterocycles. The molecule has 1 amide bonds. The zero-order chi connectivity index (χ0) is 22.3. The number of nitrogens with one attached hydrogen (secondary N) is 3. The number of amides is 1. The van der Waals surface area contributed by atoms with Crippen LogP contribution in [0, 0.1) is 6.92 Å². The summed E-state index contributed by atoms with van der Waals surface area (Å²) in [7, 11) is 0. The van der Waals surface area contributed by atoms with Gasteiger partial charge in [-0.2, -0.15) is 0 Å². The second-order valence-electron chi connectivity index (χ2n) is 6.13. The Morgan fingerprint density at radius 2 is 1.63 bits per heavy atom. The molecule has 6 nitrogen and oxygen atoms in total. The van der Waals surface area contributed by atoms with Gasteiger partial charge in [0.1, 0.15) is 6.17 Å². The second kappa shape index (κ2) is 10.8. The molecule has 0 aliphatic heterocycles. The molecule has 0 aliphatic carbocycles. The molecule has 2 aromatic carbocycles. The number of carbonyl (C=O) groups excluding carboxylic acids is 2. The van der Waals surface area contributed by atoms with Crippen LogP contribution in [0.15, 0.2) is 48.5 Å². The van der Waals surface area contributed by atoms with Crippen molar-refractivity contribution in [3.8, 4) is 0 Å². The van der Waals surface area contributed by atoms with Crippen LogP contribution in [-0.2, 0) is 4.74 Å². The largest absolute Gasteiger partial charge is 0.462 e. The SMILES string of the molecule is CCOC(=O)c1ccccc1NC(=S)NC(NC(=O)c1ccccc1C)C(Cl)(Cl)Cl. The fourth-order valence-corrected chi connectivity index (χ4v) is 3.06. The first-order valence-corrected chi connectivity index (χ1v) is 10.4. The number of ether oxygens (including phenoxy) is 1. The molecule has 0 saturated heterocycles.